The smallest absolute Gasteiger partial charge is 0.231 e. The molecule has 0 amide bonds. The summed E-state index contributed by atoms with van der Waals surface area (Å²) in [6, 6.07) is 20.4. The number of hydrogen-bond donors (Lipinski definition) is 0. The Morgan fingerprint density at radius 3 is 2.42 bits per heavy atom. The minimum atomic E-state index is -0.224. The van der Waals surface area contributed by atoms with E-state index in [2.05, 4.69) is 4.57 Å². The van der Waals surface area contributed by atoms with Crippen LogP contribution < -0.4 is 14.2 Å². The molecular weight excluding hydrogens is 418 g/mol. The second-order valence-electron chi connectivity index (χ2n) is 7.92. The summed E-state index contributed by atoms with van der Waals surface area (Å²) in [7, 11) is 0. The van der Waals surface area contributed by atoms with Crippen molar-refractivity contribution in [3.63, 3.8) is 0 Å². The standard InChI is InChI=1S/C27H19NO5/c29-26-20-6-1-2-7-21(20)27(30)22(26)13-17-15-28(23-8-4-3-5-19(17)23)11-12-31-18-9-10-24-25(14-18)33-16-32-24/h1-10,13-15H,11-12,16H2. The molecule has 33 heavy (non-hydrogen) atoms. The third-order valence-electron chi connectivity index (χ3n) is 5.97. The molecule has 0 spiro atoms. The largest absolute Gasteiger partial charge is 0.492 e. The van der Waals surface area contributed by atoms with E-state index >= 15 is 0 Å². The number of Topliss-reactive ketones (excluding diaryl/α,β-unsaturated/α-hetero) is 2. The molecule has 2 aliphatic rings. The van der Waals surface area contributed by atoms with E-state index in [-0.39, 0.29) is 23.9 Å². The highest BCUT2D eigenvalue weighted by molar-refractivity contribution is 6.41. The van der Waals surface area contributed by atoms with Crippen LogP contribution in [0.1, 0.15) is 26.3 Å². The number of ketones is 2. The van der Waals surface area contributed by atoms with E-state index in [9.17, 15) is 9.59 Å². The zero-order valence-corrected chi connectivity index (χ0v) is 17.6. The normalized spacial score (nSPS) is 14.1. The van der Waals surface area contributed by atoms with Crippen molar-refractivity contribution in [2.75, 3.05) is 13.4 Å². The van der Waals surface area contributed by atoms with Gasteiger partial charge in [-0.15, -0.1) is 0 Å². The molecule has 0 atom stereocenters. The summed E-state index contributed by atoms with van der Waals surface area (Å²) in [5.41, 5.74) is 2.98. The highest BCUT2D eigenvalue weighted by Gasteiger charge is 2.32. The Morgan fingerprint density at radius 1 is 0.879 bits per heavy atom. The number of aromatic nitrogens is 1. The maximum Gasteiger partial charge on any atom is 0.231 e. The molecule has 6 heteroatoms. The van der Waals surface area contributed by atoms with E-state index < -0.39 is 0 Å². The zero-order chi connectivity index (χ0) is 22.4. The Labute approximate surface area is 189 Å². The quantitative estimate of drug-likeness (QED) is 0.328. The summed E-state index contributed by atoms with van der Waals surface area (Å²) in [5.74, 6) is 1.66. The minimum absolute atomic E-state index is 0.204. The molecule has 0 bridgehead atoms. The second kappa shape index (κ2) is 7.67. The van der Waals surface area contributed by atoms with Gasteiger partial charge in [-0.1, -0.05) is 42.5 Å². The molecule has 162 valence electrons. The Balaban J connectivity index is 1.27. The Morgan fingerprint density at radius 2 is 1.61 bits per heavy atom. The molecule has 0 saturated heterocycles. The predicted octanol–water partition coefficient (Wildman–Crippen LogP) is 4.91. The van der Waals surface area contributed by atoms with Gasteiger partial charge in [0.05, 0.1) is 12.1 Å². The molecule has 4 aromatic rings. The second-order valence-corrected chi connectivity index (χ2v) is 7.92. The first kappa shape index (κ1) is 19.4. The van der Waals surface area contributed by atoms with E-state index in [4.69, 9.17) is 14.2 Å². The lowest BCUT2D eigenvalue weighted by atomic mass is 10.1. The Kier molecular flexibility index (Phi) is 4.50. The van der Waals surface area contributed by atoms with E-state index in [1.165, 1.54) is 0 Å². The van der Waals surface area contributed by atoms with Crippen LogP contribution in [-0.2, 0) is 6.54 Å². The van der Waals surface area contributed by atoms with E-state index in [1.807, 2.05) is 48.7 Å². The number of rotatable bonds is 5. The summed E-state index contributed by atoms with van der Waals surface area (Å²) in [6.07, 6.45) is 3.67. The number of benzene rings is 3. The van der Waals surface area contributed by atoms with Gasteiger partial charge in [-0.3, -0.25) is 9.59 Å². The third kappa shape index (κ3) is 3.27. The number of carbonyl (C=O) groups is 2. The van der Waals surface area contributed by atoms with E-state index in [0.717, 1.165) is 22.2 Å². The third-order valence-corrected chi connectivity index (χ3v) is 5.97. The summed E-state index contributed by atoms with van der Waals surface area (Å²) < 4.78 is 18.7. The fourth-order valence-electron chi connectivity index (χ4n) is 4.36. The van der Waals surface area contributed by atoms with E-state index in [0.29, 0.717) is 35.8 Å². The van der Waals surface area contributed by atoms with Gasteiger partial charge < -0.3 is 18.8 Å². The molecule has 2 heterocycles. The minimum Gasteiger partial charge on any atom is -0.492 e. The average Bonchev–Trinajstić information content (AvgIpc) is 3.52. The first-order valence-corrected chi connectivity index (χ1v) is 10.7. The maximum atomic E-state index is 12.8. The number of para-hydroxylation sites is 1. The lowest BCUT2D eigenvalue weighted by Gasteiger charge is -2.09. The van der Waals surface area contributed by atoms with Crippen LogP contribution in [0.2, 0.25) is 0 Å². The fourth-order valence-corrected chi connectivity index (χ4v) is 4.36. The topological polar surface area (TPSA) is 66.8 Å². The van der Waals surface area contributed by atoms with Crippen molar-refractivity contribution in [1.29, 1.82) is 0 Å². The van der Waals surface area contributed by atoms with Crippen molar-refractivity contribution in [2.45, 2.75) is 6.54 Å². The van der Waals surface area contributed by atoms with E-state index in [1.54, 1.807) is 30.3 Å². The van der Waals surface area contributed by atoms with Crippen LogP contribution in [-0.4, -0.2) is 29.5 Å². The van der Waals surface area contributed by atoms with Gasteiger partial charge in [0.25, 0.3) is 0 Å². The Hall–Kier alpha value is -4.32. The van der Waals surface area contributed by atoms with Gasteiger partial charge in [0.1, 0.15) is 12.4 Å². The molecule has 0 radical (unpaired) electrons. The van der Waals surface area contributed by atoms with Gasteiger partial charge in [-0.25, -0.2) is 0 Å². The summed E-state index contributed by atoms with van der Waals surface area (Å²) in [5, 5.41) is 0.977. The van der Waals surface area contributed by atoms with Crippen molar-refractivity contribution in [3.05, 3.63) is 95.2 Å². The molecule has 0 unspecified atom stereocenters. The van der Waals surface area contributed by atoms with Gasteiger partial charge in [0.15, 0.2) is 23.1 Å². The van der Waals surface area contributed by atoms with Gasteiger partial charge in [-0.2, -0.15) is 0 Å². The molecule has 3 aromatic carbocycles. The van der Waals surface area contributed by atoms with Crippen LogP contribution in [0.4, 0.5) is 0 Å². The predicted molar refractivity (Wildman–Crippen MR) is 123 cm³/mol. The highest BCUT2D eigenvalue weighted by Crippen LogP contribution is 2.35. The number of nitrogens with zero attached hydrogens (tertiary/aromatic N) is 1. The van der Waals surface area contributed by atoms with Crippen molar-refractivity contribution in [3.8, 4) is 17.2 Å². The number of ether oxygens (including phenoxy) is 3. The number of hydrogen-bond acceptors (Lipinski definition) is 5. The molecule has 6 nitrogen and oxygen atoms in total. The van der Waals surface area contributed by atoms with Crippen molar-refractivity contribution >= 4 is 28.5 Å². The molecular formula is C27H19NO5. The lowest BCUT2D eigenvalue weighted by Crippen LogP contribution is -2.07. The summed E-state index contributed by atoms with van der Waals surface area (Å²) in [6.45, 7) is 1.26. The first-order valence-electron chi connectivity index (χ1n) is 10.7. The van der Waals surface area contributed by atoms with Crippen LogP contribution in [0.5, 0.6) is 17.2 Å². The molecule has 0 saturated carbocycles. The summed E-state index contributed by atoms with van der Waals surface area (Å²) in [4.78, 5) is 25.7. The van der Waals surface area contributed by atoms with Crippen LogP contribution in [0.25, 0.3) is 17.0 Å². The van der Waals surface area contributed by atoms with Crippen LogP contribution in [0, 0.1) is 0 Å². The fraction of sp³-hybridized carbons (Fsp3) is 0.111. The Bertz CT molecular complexity index is 1430. The highest BCUT2D eigenvalue weighted by atomic mass is 16.7. The molecule has 1 aliphatic carbocycles. The van der Waals surface area contributed by atoms with Crippen molar-refractivity contribution in [1.82, 2.24) is 4.57 Å². The van der Waals surface area contributed by atoms with Gasteiger partial charge >= 0.3 is 0 Å². The molecule has 0 N–H and O–H groups in total. The summed E-state index contributed by atoms with van der Waals surface area (Å²) >= 11 is 0. The lowest BCUT2D eigenvalue weighted by molar-refractivity contribution is 0.0990. The van der Waals surface area contributed by atoms with Crippen molar-refractivity contribution < 1.29 is 23.8 Å². The number of carbonyl (C=O) groups excluding carboxylic acids is 2. The average molecular weight is 437 g/mol. The van der Waals surface area contributed by atoms with Crippen molar-refractivity contribution in [2.24, 2.45) is 0 Å². The van der Waals surface area contributed by atoms with Gasteiger partial charge in [0, 0.05) is 39.9 Å². The first-order chi connectivity index (χ1) is 16.2. The molecule has 0 fully saturated rings. The number of allylic oxidation sites excluding steroid dienone is 1. The van der Waals surface area contributed by atoms with Gasteiger partial charge in [-0.05, 0) is 24.3 Å². The van der Waals surface area contributed by atoms with Gasteiger partial charge in [0.2, 0.25) is 6.79 Å². The molecule has 1 aliphatic heterocycles. The van der Waals surface area contributed by atoms with Crippen LogP contribution in [0.15, 0.2) is 78.5 Å². The zero-order valence-electron chi connectivity index (χ0n) is 17.6. The molecule has 6 rings (SSSR count). The maximum absolute atomic E-state index is 12.8. The monoisotopic (exact) mass is 437 g/mol. The van der Waals surface area contributed by atoms with Crippen LogP contribution in [0.3, 0.4) is 0 Å². The number of fused-ring (bicyclic) bond motifs is 3. The SMILES string of the molecule is O=C1C(=Cc2cn(CCOc3ccc4c(c3)OCO4)c3ccccc23)C(=O)c2ccccc21. The molecule has 1 aromatic heterocycles. The van der Waals surface area contributed by atoms with Crippen LogP contribution >= 0.6 is 0 Å².